The Labute approximate surface area is 216 Å². The first-order chi connectivity index (χ1) is 18.0. The highest BCUT2D eigenvalue weighted by atomic mass is 16.5. The van der Waals surface area contributed by atoms with Crippen LogP contribution >= 0.6 is 0 Å². The molecule has 3 aliphatic rings. The fourth-order valence-electron chi connectivity index (χ4n) is 6.31. The summed E-state index contributed by atoms with van der Waals surface area (Å²) in [4.78, 5) is 33.4. The molecule has 7 heteroatoms. The minimum absolute atomic E-state index is 0.0221. The average Bonchev–Trinajstić information content (AvgIpc) is 3.38. The normalized spacial score (nSPS) is 23.9. The monoisotopic (exact) mass is 497 g/mol. The molecule has 1 N–H and O–H groups in total. The largest absolute Gasteiger partial charge is 0.508 e. The summed E-state index contributed by atoms with van der Waals surface area (Å²) in [6.45, 7) is 2.38. The average molecular weight is 498 g/mol. The minimum atomic E-state index is -0.824. The van der Waals surface area contributed by atoms with Gasteiger partial charge in [0.25, 0.3) is 0 Å². The van der Waals surface area contributed by atoms with Crippen LogP contribution < -0.4 is 9.64 Å². The number of para-hydroxylation sites is 1. The summed E-state index contributed by atoms with van der Waals surface area (Å²) in [6, 6.07) is 23.0. The summed E-state index contributed by atoms with van der Waals surface area (Å²) in [5.41, 5.74) is 2.97. The first-order valence-electron chi connectivity index (χ1n) is 12.9. The van der Waals surface area contributed by atoms with Crippen LogP contribution in [0.25, 0.3) is 0 Å². The Balaban J connectivity index is 1.51. The molecule has 1 saturated heterocycles. The van der Waals surface area contributed by atoms with E-state index in [1.807, 2.05) is 48.5 Å². The highest BCUT2D eigenvalue weighted by Gasteiger charge is 2.60. The minimum Gasteiger partial charge on any atom is -0.508 e. The summed E-state index contributed by atoms with van der Waals surface area (Å²) in [7, 11) is 1.78. The van der Waals surface area contributed by atoms with Crippen molar-refractivity contribution in [2.24, 2.45) is 0 Å². The number of likely N-dealkylation sites (N-methyl/N-ethyl adjacent to an activating group) is 1. The van der Waals surface area contributed by atoms with Crippen molar-refractivity contribution < 1.29 is 19.4 Å². The molecule has 0 aliphatic carbocycles. The Hall–Kier alpha value is -3.84. The van der Waals surface area contributed by atoms with Crippen LogP contribution in [0.2, 0.25) is 0 Å². The van der Waals surface area contributed by atoms with Crippen LogP contribution in [0, 0.1) is 0 Å². The van der Waals surface area contributed by atoms with Crippen molar-refractivity contribution in [2.45, 2.75) is 30.8 Å². The van der Waals surface area contributed by atoms with Crippen molar-refractivity contribution in [1.82, 2.24) is 9.80 Å². The van der Waals surface area contributed by atoms with Gasteiger partial charge in [0.05, 0.1) is 18.1 Å². The number of phenols is 1. The molecule has 3 aromatic rings. The van der Waals surface area contributed by atoms with Crippen LogP contribution in [-0.2, 0) is 21.5 Å². The third-order valence-corrected chi connectivity index (χ3v) is 8.02. The second kappa shape index (κ2) is 9.23. The molecule has 6 rings (SSSR count). The van der Waals surface area contributed by atoms with E-state index in [4.69, 9.17) is 4.74 Å². The molecule has 190 valence electrons. The van der Waals surface area contributed by atoms with Gasteiger partial charge < -0.3 is 19.6 Å². The Kier molecular flexibility index (Phi) is 5.88. The number of amides is 2. The summed E-state index contributed by atoms with van der Waals surface area (Å²) in [5.74, 6) is 0.881. The van der Waals surface area contributed by atoms with Crippen LogP contribution in [0.15, 0.2) is 72.8 Å². The molecule has 1 spiro atoms. The first-order valence-corrected chi connectivity index (χ1v) is 12.9. The number of phenolic OH excluding ortho intramolecular Hbond substituents is 1. The third kappa shape index (κ3) is 3.94. The highest BCUT2D eigenvalue weighted by Crippen LogP contribution is 2.57. The number of rotatable bonds is 2. The Morgan fingerprint density at radius 1 is 1.00 bits per heavy atom. The molecule has 7 nitrogen and oxygen atoms in total. The van der Waals surface area contributed by atoms with Crippen molar-refractivity contribution in [2.75, 3.05) is 38.2 Å². The van der Waals surface area contributed by atoms with E-state index in [0.29, 0.717) is 39.1 Å². The number of anilines is 1. The van der Waals surface area contributed by atoms with Gasteiger partial charge in [0, 0.05) is 32.4 Å². The molecule has 3 aliphatic heterocycles. The Morgan fingerprint density at radius 3 is 2.70 bits per heavy atom. The number of aromatic hydroxyl groups is 1. The molecular weight excluding hydrogens is 466 g/mol. The maximum absolute atomic E-state index is 14.5. The number of hydrogen-bond donors (Lipinski definition) is 1. The Bertz CT molecular complexity index is 1360. The van der Waals surface area contributed by atoms with E-state index in [2.05, 4.69) is 17.0 Å². The molecule has 0 unspecified atom stereocenters. The molecular formula is C30H31N3O4. The summed E-state index contributed by atoms with van der Waals surface area (Å²) >= 11 is 0. The number of benzene rings is 3. The number of ether oxygens (including phenoxy) is 1. The van der Waals surface area contributed by atoms with Gasteiger partial charge >= 0.3 is 0 Å². The van der Waals surface area contributed by atoms with Gasteiger partial charge in [0.2, 0.25) is 11.8 Å². The fourth-order valence-corrected chi connectivity index (χ4v) is 6.31. The van der Waals surface area contributed by atoms with Crippen LogP contribution in [0.5, 0.6) is 11.5 Å². The van der Waals surface area contributed by atoms with Gasteiger partial charge in [-0.05, 0) is 59.9 Å². The molecule has 3 aromatic carbocycles. The van der Waals surface area contributed by atoms with Crippen LogP contribution in [-0.4, -0.2) is 60.0 Å². The standard InChI is InChI=1S/C30H31N3O4/c1-31-14-6-16-37-24-10-5-8-22(18-24)28-30(13-15-32(28)19-21-7-4-9-23(34)17-21)25-11-2-3-12-26(25)33(29(30)36)20-27(31)35/h2-5,7-12,17-18,28,34H,6,13-16,19-20H2,1H3/t28-,30+/m0/s1. The van der Waals surface area contributed by atoms with E-state index in [9.17, 15) is 14.7 Å². The molecule has 0 saturated carbocycles. The van der Waals surface area contributed by atoms with Gasteiger partial charge in [0.15, 0.2) is 0 Å². The fraction of sp³-hybridized carbons (Fsp3) is 0.333. The predicted octanol–water partition coefficient (Wildman–Crippen LogP) is 3.86. The van der Waals surface area contributed by atoms with E-state index >= 15 is 0 Å². The Morgan fingerprint density at radius 2 is 1.84 bits per heavy atom. The molecule has 3 heterocycles. The van der Waals surface area contributed by atoms with E-state index in [0.717, 1.165) is 28.1 Å². The second-order valence-corrected chi connectivity index (χ2v) is 10.3. The van der Waals surface area contributed by atoms with Crippen molar-refractivity contribution in [3.05, 3.63) is 89.5 Å². The smallest absolute Gasteiger partial charge is 0.242 e. The van der Waals surface area contributed by atoms with E-state index in [1.54, 1.807) is 29.0 Å². The van der Waals surface area contributed by atoms with Gasteiger partial charge in [-0.25, -0.2) is 0 Å². The number of carbonyl (C=O) groups excluding carboxylic acids is 2. The molecule has 1 fully saturated rings. The highest BCUT2D eigenvalue weighted by molar-refractivity contribution is 6.11. The zero-order valence-electron chi connectivity index (χ0n) is 21.0. The topological polar surface area (TPSA) is 73.3 Å². The maximum Gasteiger partial charge on any atom is 0.242 e. The quantitative estimate of drug-likeness (QED) is 0.582. The van der Waals surface area contributed by atoms with E-state index in [-0.39, 0.29) is 30.2 Å². The van der Waals surface area contributed by atoms with Crippen LogP contribution in [0.3, 0.4) is 0 Å². The molecule has 2 atom stereocenters. The van der Waals surface area contributed by atoms with E-state index in [1.165, 1.54) is 0 Å². The van der Waals surface area contributed by atoms with Crippen LogP contribution in [0.4, 0.5) is 5.69 Å². The van der Waals surface area contributed by atoms with Crippen molar-refractivity contribution in [3.63, 3.8) is 0 Å². The number of nitrogens with zero attached hydrogens (tertiary/aromatic N) is 3. The molecule has 37 heavy (non-hydrogen) atoms. The van der Waals surface area contributed by atoms with Gasteiger partial charge in [-0.2, -0.15) is 0 Å². The lowest BCUT2D eigenvalue weighted by atomic mass is 9.72. The van der Waals surface area contributed by atoms with Crippen molar-refractivity contribution in [3.8, 4) is 11.5 Å². The maximum atomic E-state index is 14.5. The number of likely N-dealkylation sites (tertiary alicyclic amines) is 1. The SMILES string of the molecule is CN1CCCOc2cccc(c2)[C@@H]2N(Cc3cccc(O)c3)CC[C@]23C(=O)N(CC1=O)c1ccccc13. The number of fused-ring (bicyclic) bond motifs is 6. The van der Waals surface area contributed by atoms with Crippen LogP contribution in [0.1, 0.15) is 35.6 Å². The number of carbonyl (C=O) groups is 2. The summed E-state index contributed by atoms with van der Waals surface area (Å²) in [6.07, 6.45) is 1.34. The summed E-state index contributed by atoms with van der Waals surface area (Å²) < 4.78 is 6.08. The zero-order chi connectivity index (χ0) is 25.6. The molecule has 0 aromatic heterocycles. The second-order valence-electron chi connectivity index (χ2n) is 10.3. The molecule has 0 radical (unpaired) electrons. The first kappa shape index (κ1) is 23.6. The van der Waals surface area contributed by atoms with E-state index < -0.39 is 5.41 Å². The van der Waals surface area contributed by atoms with Gasteiger partial charge in [-0.15, -0.1) is 0 Å². The van der Waals surface area contributed by atoms with Crippen molar-refractivity contribution in [1.29, 1.82) is 0 Å². The lowest BCUT2D eigenvalue weighted by Crippen LogP contribution is -2.47. The third-order valence-electron chi connectivity index (χ3n) is 8.02. The molecule has 2 amide bonds. The van der Waals surface area contributed by atoms with Gasteiger partial charge in [0.1, 0.15) is 18.0 Å². The predicted molar refractivity (Wildman–Crippen MR) is 141 cm³/mol. The van der Waals surface area contributed by atoms with Gasteiger partial charge in [-0.1, -0.05) is 42.5 Å². The zero-order valence-corrected chi connectivity index (χ0v) is 21.0. The van der Waals surface area contributed by atoms with Crippen molar-refractivity contribution >= 4 is 17.5 Å². The molecule has 4 bridgehead atoms. The lowest BCUT2D eigenvalue weighted by Gasteiger charge is -2.35. The number of hydrogen-bond acceptors (Lipinski definition) is 5. The summed E-state index contributed by atoms with van der Waals surface area (Å²) in [5, 5.41) is 10.1. The lowest BCUT2D eigenvalue weighted by molar-refractivity contribution is -0.131. The van der Waals surface area contributed by atoms with Gasteiger partial charge in [-0.3, -0.25) is 14.5 Å².